The highest BCUT2D eigenvalue weighted by molar-refractivity contribution is 7.99. The van der Waals surface area contributed by atoms with Crippen molar-refractivity contribution in [2.24, 2.45) is 0 Å². The number of imidazole rings is 1. The van der Waals surface area contributed by atoms with Crippen LogP contribution < -0.4 is 10.6 Å². The predicted molar refractivity (Wildman–Crippen MR) is 108 cm³/mol. The number of amides is 1. The second-order valence-electron chi connectivity index (χ2n) is 6.60. The van der Waals surface area contributed by atoms with Crippen LogP contribution in [0.15, 0.2) is 48.8 Å². The number of hydrogen-bond donors (Lipinski definition) is 2. The molecule has 2 N–H and O–H groups in total. The first-order valence-corrected chi connectivity index (χ1v) is 10.0. The quantitative estimate of drug-likeness (QED) is 0.743. The van der Waals surface area contributed by atoms with Crippen molar-refractivity contribution in [1.29, 1.82) is 0 Å². The number of thioether (sulfide) groups is 1. The molecule has 1 unspecified atom stereocenters. The van der Waals surface area contributed by atoms with Crippen molar-refractivity contribution in [3.05, 3.63) is 54.4 Å². The average molecular weight is 366 g/mol. The Morgan fingerprint density at radius 2 is 2.19 bits per heavy atom. The summed E-state index contributed by atoms with van der Waals surface area (Å²) in [6.07, 6.45) is 4.55. The SMILES string of the molecule is Cc1cccn2cc(-c3ccc(NC(=O)CC4CSCCN4)cc3)nc12. The van der Waals surface area contributed by atoms with Crippen molar-refractivity contribution in [2.75, 3.05) is 23.4 Å². The molecule has 0 bridgehead atoms. The van der Waals surface area contributed by atoms with E-state index in [0.717, 1.165) is 46.2 Å². The lowest BCUT2D eigenvalue weighted by molar-refractivity contribution is -0.116. The lowest BCUT2D eigenvalue weighted by Crippen LogP contribution is -2.39. The minimum Gasteiger partial charge on any atom is -0.326 e. The molecular formula is C20H22N4OS. The Labute approximate surface area is 157 Å². The molecule has 3 aromatic rings. The minimum absolute atomic E-state index is 0.0566. The molecule has 3 heterocycles. The third kappa shape index (κ3) is 3.76. The summed E-state index contributed by atoms with van der Waals surface area (Å²) >= 11 is 1.90. The van der Waals surface area contributed by atoms with Crippen LogP contribution in [0.25, 0.3) is 16.9 Å². The zero-order valence-electron chi connectivity index (χ0n) is 14.7. The fraction of sp³-hybridized carbons (Fsp3) is 0.300. The molecule has 0 saturated carbocycles. The van der Waals surface area contributed by atoms with Crippen molar-refractivity contribution < 1.29 is 4.79 Å². The Kier molecular flexibility index (Phi) is 4.95. The maximum absolute atomic E-state index is 12.2. The molecule has 1 aliphatic heterocycles. The summed E-state index contributed by atoms with van der Waals surface area (Å²) in [7, 11) is 0. The van der Waals surface area contributed by atoms with E-state index in [0.29, 0.717) is 6.42 Å². The number of aryl methyl sites for hydroxylation is 1. The number of aromatic nitrogens is 2. The van der Waals surface area contributed by atoms with Gasteiger partial charge in [0.2, 0.25) is 5.91 Å². The third-order valence-corrected chi connectivity index (χ3v) is 5.70. The lowest BCUT2D eigenvalue weighted by atomic mass is 10.1. The Hall–Kier alpha value is -2.31. The molecule has 1 aromatic carbocycles. The standard InChI is InChI=1S/C20H22N4OS/c1-14-3-2-9-24-12-18(23-20(14)24)15-4-6-16(7-5-15)22-19(25)11-17-13-26-10-8-21-17/h2-7,9,12,17,21H,8,10-11,13H2,1H3,(H,22,25). The summed E-state index contributed by atoms with van der Waals surface area (Å²) in [5.41, 5.74) is 4.91. The third-order valence-electron chi connectivity index (χ3n) is 4.57. The highest BCUT2D eigenvalue weighted by atomic mass is 32.2. The van der Waals surface area contributed by atoms with Gasteiger partial charge >= 0.3 is 0 Å². The number of carbonyl (C=O) groups is 1. The van der Waals surface area contributed by atoms with Gasteiger partial charge in [0.25, 0.3) is 0 Å². The maximum Gasteiger partial charge on any atom is 0.225 e. The molecule has 1 aliphatic rings. The second-order valence-corrected chi connectivity index (χ2v) is 7.75. The van der Waals surface area contributed by atoms with E-state index in [-0.39, 0.29) is 11.9 Å². The molecule has 26 heavy (non-hydrogen) atoms. The number of carbonyl (C=O) groups excluding carboxylic acids is 1. The van der Waals surface area contributed by atoms with Gasteiger partial charge in [-0.3, -0.25) is 4.79 Å². The van der Waals surface area contributed by atoms with Crippen LogP contribution in [0.3, 0.4) is 0 Å². The summed E-state index contributed by atoms with van der Waals surface area (Å²) in [5, 5.41) is 6.38. The highest BCUT2D eigenvalue weighted by Gasteiger charge is 2.16. The van der Waals surface area contributed by atoms with E-state index in [2.05, 4.69) is 23.6 Å². The number of nitrogens with zero attached hydrogens (tertiary/aromatic N) is 2. The van der Waals surface area contributed by atoms with Crippen molar-refractivity contribution >= 4 is 29.0 Å². The Morgan fingerprint density at radius 3 is 2.92 bits per heavy atom. The van der Waals surface area contributed by atoms with E-state index < -0.39 is 0 Å². The molecule has 1 atom stereocenters. The largest absolute Gasteiger partial charge is 0.326 e. The molecule has 6 heteroatoms. The Bertz CT molecular complexity index is 913. The van der Waals surface area contributed by atoms with Crippen LogP contribution in [0.1, 0.15) is 12.0 Å². The number of rotatable bonds is 4. The van der Waals surface area contributed by atoms with Crippen molar-refractivity contribution in [3.63, 3.8) is 0 Å². The topological polar surface area (TPSA) is 58.4 Å². The maximum atomic E-state index is 12.2. The van der Waals surface area contributed by atoms with Gasteiger partial charge in [0.15, 0.2) is 0 Å². The van der Waals surface area contributed by atoms with Gasteiger partial charge in [-0.15, -0.1) is 0 Å². The van der Waals surface area contributed by atoms with Crippen molar-refractivity contribution in [3.8, 4) is 11.3 Å². The molecule has 2 aromatic heterocycles. The number of anilines is 1. The van der Waals surface area contributed by atoms with Crippen LogP contribution in [0.4, 0.5) is 5.69 Å². The molecule has 134 valence electrons. The first-order chi connectivity index (χ1) is 12.7. The molecule has 1 fully saturated rings. The minimum atomic E-state index is 0.0566. The molecule has 1 amide bonds. The van der Waals surface area contributed by atoms with E-state index in [1.54, 1.807) is 0 Å². The van der Waals surface area contributed by atoms with Crippen LogP contribution in [-0.2, 0) is 4.79 Å². The summed E-state index contributed by atoms with van der Waals surface area (Å²) in [4.78, 5) is 16.9. The Balaban J connectivity index is 1.44. The normalized spacial score (nSPS) is 17.3. The van der Waals surface area contributed by atoms with E-state index in [9.17, 15) is 4.79 Å². The van der Waals surface area contributed by atoms with Gasteiger partial charge in [0, 0.05) is 54.2 Å². The number of pyridine rings is 1. The van der Waals surface area contributed by atoms with Crippen LogP contribution in [-0.4, -0.2) is 39.4 Å². The molecule has 0 radical (unpaired) electrons. The first kappa shape index (κ1) is 17.1. The van der Waals surface area contributed by atoms with E-state index in [4.69, 9.17) is 4.98 Å². The van der Waals surface area contributed by atoms with Gasteiger partial charge in [-0.2, -0.15) is 11.8 Å². The van der Waals surface area contributed by atoms with E-state index in [1.807, 2.05) is 58.9 Å². The van der Waals surface area contributed by atoms with Crippen LogP contribution in [0.2, 0.25) is 0 Å². The fourth-order valence-electron chi connectivity index (χ4n) is 3.20. The smallest absolute Gasteiger partial charge is 0.225 e. The highest BCUT2D eigenvalue weighted by Crippen LogP contribution is 2.22. The summed E-state index contributed by atoms with van der Waals surface area (Å²) in [6, 6.07) is 12.2. The van der Waals surface area contributed by atoms with Crippen LogP contribution in [0.5, 0.6) is 0 Å². The first-order valence-electron chi connectivity index (χ1n) is 8.85. The van der Waals surface area contributed by atoms with Gasteiger partial charge in [-0.25, -0.2) is 4.98 Å². The van der Waals surface area contributed by atoms with Crippen molar-refractivity contribution in [2.45, 2.75) is 19.4 Å². The fourth-order valence-corrected chi connectivity index (χ4v) is 4.15. The average Bonchev–Trinajstić information content (AvgIpc) is 3.09. The Morgan fingerprint density at radius 1 is 1.35 bits per heavy atom. The zero-order chi connectivity index (χ0) is 17.9. The summed E-state index contributed by atoms with van der Waals surface area (Å²) in [6.45, 7) is 3.04. The number of fused-ring (bicyclic) bond motifs is 1. The van der Waals surface area contributed by atoms with Crippen molar-refractivity contribution in [1.82, 2.24) is 14.7 Å². The van der Waals surface area contributed by atoms with E-state index >= 15 is 0 Å². The van der Waals surface area contributed by atoms with Crippen LogP contribution >= 0.6 is 11.8 Å². The zero-order valence-corrected chi connectivity index (χ0v) is 15.6. The van der Waals surface area contributed by atoms with Gasteiger partial charge < -0.3 is 15.0 Å². The molecule has 4 rings (SSSR count). The molecule has 5 nitrogen and oxygen atoms in total. The summed E-state index contributed by atoms with van der Waals surface area (Å²) < 4.78 is 2.04. The molecule has 1 saturated heterocycles. The van der Waals surface area contributed by atoms with Gasteiger partial charge in [0.1, 0.15) is 5.65 Å². The monoisotopic (exact) mass is 366 g/mol. The second kappa shape index (κ2) is 7.51. The molecule has 0 aliphatic carbocycles. The summed E-state index contributed by atoms with van der Waals surface area (Å²) in [5.74, 6) is 2.18. The predicted octanol–water partition coefficient (Wildman–Crippen LogP) is 3.34. The van der Waals surface area contributed by atoms with Gasteiger partial charge in [-0.1, -0.05) is 18.2 Å². The van der Waals surface area contributed by atoms with Crippen LogP contribution in [0, 0.1) is 6.92 Å². The van der Waals surface area contributed by atoms with Gasteiger partial charge in [0.05, 0.1) is 5.69 Å². The number of nitrogens with one attached hydrogen (secondary N) is 2. The molecule has 0 spiro atoms. The van der Waals surface area contributed by atoms with Gasteiger partial charge in [-0.05, 0) is 30.7 Å². The number of benzene rings is 1. The lowest BCUT2D eigenvalue weighted by Gasteiger charge is -2.22. The number of hydrogen-bond acceptors (Lipinski definition) is 4. The molecular weight excluding hydrogens is 344 g/mol. The van der Waals surface area contributed by atoms with E-state index in [1.165, 1.54) is 0 Å².